The van der Waals surface area contributed by atoms with E-state index in [0.29, 0.717) is 5.92 Å². The van der Waals surface area contributed by atoms with E-state index in [4.69, 9.17) is 5.11 Å². The van der Waals surface area contributed by atoms with E-state index in [9.17, 15) is 8.42 Å². The van der Waals surface area contributed by atoms with E-state index < -0.39 is 10.0 Å². The van der Waals surface area contributed by atoms with Crippen LogP contribution in [-0.4, -0.2) is 31.9 Å². The Hall–Kier alpha value is -0.130. The van der Waals surface area contributed by atoms with Gasteiger partial charge in [-0.05, 0) is 37.5 Å². The van der Waals surface area contributed by atoms with Gasteiger partial charge in [-0.1, -0.05) is 13.8 Å². The first-order chi connectivity index (χ1) is 7.43. The van der Waals surface area contributed by atoms with Crippen LogP contribution in [0, 0.1) is 11.8 Å². The summed E-state index contributed by atoms with van der Waals surface area (Å²) in [4.78, 5) is 0. The molecule has 4 nitrogen and oxygen atoms in total. The van der Waals surface area contributed by atoms with Crippen molar-refractivity contribution in [2.45, 2.75) is 45.6 Å². The third-order valence-corrected chi connectivity index (χ3v) is 4.80. The minimum atomic E-state index is -3.12. The highest BCUT2D eigenvalue weighted by atomic mass is 32.2. The molecule has 0 radical (unpaired) electrons. The lowest BCUT2D eigenvalue weighted by Gasteiger charge is -2.27. The molecule has 0 aliphatic heterocycles. The molecule has 0 atom stereocenters. The Labute approximate surface area is 98.5 Å². The Bertz CT molecular complexity index is 292. The van der Waals surface area contributed by atoms with Crippen LogP contribution in [0.25, 0.3) is 0 Å². The molecular weight excluding hydrogens is 226 g/mol. The second-order valence-corrected chi connectivity index (χ2v) is 6.99. The minimum Gasteiger partial charge on any atom is -0.396 e. The van der Waals surface area contributed by atoms with Gasteiger partial charge in [-0.2, -0.15) is 0 Å². The van der Waals surface area contributed by atoms with Crippen molar-refractivity contribution in [3.63, 3.8) is 0 Å². The molecule has 0 bridgehead atoms. The van der Waals surface area contributed by atoms with Crippen LogP contribution < -0.4 is 4.72 Å². The molecule has 1 aliphatic carbocycles. The second-order valence-electron chi connectivity index (χ2n) is 5.19. The first kappa shape index (κ1) is 13.9. The molecular formula is C11H23NO3S. The van der Waals surface area contributed by atoms with Crippen molar-refractivity contribution in [2.24, 2.45) is 11.8 Å². The molecule has 1 saturated carbocycles. The van der Waals surface area contributed by atoms with E-state index in [1.165, 1.54) is 0 Å². The summed E-state index contributed by atoms with van der Waals surface area (Å²) in [6.45, 7) is 4.04. The van der Waals surface area contributed by atoms with Crippen molar-refractivity contribution in [2.75, 3.05) is 12.4 Å². The maximum absolute atomic E-state index is 11.7. The first-order valence-electron chi connectivity index (χ1n) is 6.04. The Balaban J connectivity index is 2.38. The van der Waals surface area contributed by atoms with Crippen LogP contribution in [0.1, 0.15) is 39.5 Å². The quantitative estimate of drug-likeness (QED) is 0.767. The Morgan fingerprint density at radius 1 is 1.25 bits per heavy atom. The fraction of sp³-hybridized carbons (Fsp3) is 1.00. The number of rotatable bonds is 5. The monoisotopic (exact) mass is 249 g/mol. The van der Waals surface area contributed by atoms with Gasteiger partial charge in [-0.3, -0.25) is 0 Å². The number of aliphatic hydroxyl groups excluding tert-OH is 1. The van der Waals surface area contributed by atoms with Crippen molar-refractivity contribution < 1.29 is 13.5 Å². The summed E-state index contributed by atoms with van der Waals surface area (Å²) in [6, 6.07) is 0.0755. The molecule has 0 heterocycles. The lowest BCUT2D eigenvalue weighted by molar-refractivity contribution is 0.180. The normalized spacial score (nSPS) is 27.2. The number of nitrogens with one attached hydrogen (secondary N) is 1. The maximum atomic E-state index is 11.7. The van der Waals surface area contributed by atoms with E-state index in [0.717, 1.165) is 25.7 Å². The minimum absolute atomic E-state index is 0.0755. The van der Waals surface area contributed by atoms with Crippen LogP contribution in [0.3, 0.4) is 0 Å². The molecule has 0 unspecified atom stereocenters. The van der Waals surface area contributed by atoms with Crippen LogP contribution in [0.5, 0.6) is 0 Å². The molecule has 5 heteroatoms. The number of sulfonamides is 1. The lowest BCUT2D eigenvalue weighted by Crippen LogP contribution is -2.40. The van der Waals surface area contributed by atoms with E-state index in [1.807, 2.05) is 13.8 Å². The average molecular weight is 249 g/mol. The van der Waals surface area contributed by atoms with E-state index in [-0.39, 0.29) is 24.3 Å². The second kappa shape index (κ2) is 5.98. The fourth-order valence-electron chi connectivity index (χ4n) is 2.20. The number of hydrogen-bond acceptors (Lipinski definition) is 3. The van der Waals surface area contributed by atoms with Crippen LogP contribution >= 0.6 is 0 Å². The van der Waals surface area contributed by atoms with E-state index in [2.05, 4.69) is 4.72 Å². The van der Waals surface area contributed by atoms with Gasteiger partial charge < -0.3 is 5.11 Å². The van der Waals surface area contributed by atoms with Gasteiger partial charge in [0.15, 0.2) is 0 Å². The predicted octanol–water partition coefficient (Wildman–Crippen LogP) is 1.11. The number of hydrogen-bond donors (Lipinski definition) is 2. The van der Waals surface area contributed by atoms with Crippen molar-refractivity contribution in [3.8, 4) is 0 Å². The smallest absolute Gasteiger partial charge is 0.212 e. The predicted molar refractivity (Wildman–Crippen MR) is 64.6 cm³/mol. The van der Waals surface area contributed by atoms with Gasteiger partial charge in [-0.25, -0.2) is 13.1 Å². The fourth-order valence-corrected chi connectivity index (χ4v) is 3.92. The molecule has 0 aromatic carbocycles. The SMILES string of the molecule is CC(C)CS(=O)(=O)NC1CCC(CO)CC1. The zero-order chi connectivity index (χ0) is 12.2. The Morgan fingerprint density at radius 2 is 1.81 bits per heavy atom. The van der Waals surface area contributed by atoms with Gasteiger partial charge in [0, 0.05) is 12.6 Å². The van der Waals surface area contributed by atoms with Gasteiger partial charge in [0.2, 0.25) is 10.0 Å². The topological polar surface area (TPSA) is 66.4 Å². The molecule has 1 fully saturated rings. The molecule has 0 saturated heterocycles. The molecule has 0 aromatic rings. The van der Waals surface area contributed by atoms with Gasteiger partial charge in [-0.15, -0.1) is 0 Å². The summed E-state index contributed by atoms with van der Waals surface area (Å²) in [7, 11) is -3.12. The molecule has 1 aliphatic rings. The molecule has 0 aromatic heterocycles. The number of aliphatic hydroxyl groups is 1. The van der Waals surface area contributed by atoms with Gasteiger partial charge in [0.1, 0.15) is 0 Å². The Morgan fingerprint density at radius 3 is 2.25 bits per heavy atom. The van der Waals surface area contributed by atoms with Crippen molar-refractivity contribution in [1.82, 2.24) is 4.72 Å². The zero-order valence-corrected chi connectivity index (χ0v) is 11.0. The van der Waals surface area contributed by atoms with Crippen molar-refractivity contribution in [3.05, 3.63) is 0 Å². The average Bonchev–Trinajstić information content (AvgIpc) is 2.16. The summed E-state index contributed by atoms with van der Waals surface area (Å²) in [6.07, 6.45) is 3.54. The standard InChI is InChI=1S/C11H23NO3S/c1-9(2)8-16(14,15)12-11-5-3-10(7-13)4-6-11/h9-13H,3-8H2,1-2H3. The summed E-state index contributed by atoms with van der Waals surface area (Å²) < 4.78 is 26.2. The summed E-state index contributed by atoms with van der Waals surface area (Å²) in [5, 5.41) is 8.99. The van der Waals surface area contributed by atoms with Gasteiger partial charge >= 0.3 is 0 Å². The lowest BCUT2D eigenvalue weighted by atomic mass is 9.87. The third kappa shape index (κ3) is 4.80. The van der Waals surface area contributed by atoms with E-state index in [1.54, 1.807) is 0 Å². The molecule has 0 amide bonds. The summed E-state index contributed by atoms with van der Waals surface area (Å²) in [5.74, 6) is 0.726. The molecule has 0 spiro atoms. The Kier molecular flexibility index (Phi) is 5.21. The van der Waals surface area contributed by atoms with E-state index >= 15 is 0 Å². The summed E-state index contributed by atoms with van der Waals surface area (Å²) in [5.41, 5.74) is 0. The third-order valence-electron chi connectivity index (χ3n) is 3.00. The molecule has 1 rings (SSSR count). The molecule has 16 heavy (non-hydrogen) atoms. The molecule has 2 N–H and O–H groups in total. The van der Waals surface area contributed by atoms with Crippen LogP contribution in [-0.2, 0) is 10.0 Å². The largest absolute Gasteiger partial charge is 0.396 e. The van der Waals surface area contributed by atoms with Crippen molar-refractivity contribution in [1.29, 1.82) is 0 Å². The van der Waals surface area contributed by atoms with Crippen molar-refractivity contribution >= 4 is 10.0 Å². The van der Waals surface area contributed by atoms with Gasteiger partial charge in [0.25, 0.3) is 0 Å². The highest BCUT2D eigenvalue weighted by molar-refractivity contribution is 7.89. The first-order valence-corrected chi connectivity index (χ1v) is 7.69. The van der Waals surface area contributed by atoms with Crippen LogP contribution in [0.4, 0.5) is 0 Å². The molecule has 96 valence electrons. The van der Waals surface area contributed by atoms with Crippen LogP contribution in [0.15, 0.2) is 0 Å². The highest BCUT2D eigenvalue weighted by Gasteiger charge is 2.24. The van der Waals surface area contributed by atoms with Crippen LogP contribution in [0.2, 0.25) is 0 Å². The van der Waals surface area contributed by atoms with Gasteiger partial charge in [0.05, 0.1) is 5.75 Å². The maximum Gasteiger partial charge on any atom is 0.212 e. The zero-order valence-electron chi connectivity index (χ0n) is 10.1. The highest BCUT2D eigenvalue weighted by Crippen LogP contribution is 2.24. The summed E-state index contributed by atoms with van der Waals surface area (Å²) >= 11 is 0.